The molecule has 22 heavy (non-hydrogen) atoms. The van der Waals surface area contributed by atoms with Gasteiger partial charge in [-0.15, -0.1) is 0 Å². The summed E-state index contributed by atoms with van der Waals surface area (Å²) in [6.07, 6.45) is 1.32. The van der Waals surface area contributed by atoms with E-state index in [9.17, 15) is 9.59 Å². The predicted molar refractivity (Wildman–Crippen MR) is 84.7 cm³/mol. The molecule has 0 saturated heterocycles. The zero-order valence-corrected chi connectivity index (χ0v) is 13.3. The van der Waals surface area contributed by atoms with Crippen molar-refractivity contribution in [2.45, 2.75) is 6.92 Å². The molecule has 1 aromatic carbocycles. The molecule has 0 saturated carbocycles. The molecule has 0 aliphatic heterocycles. The normalized spacial score (nSPS) is 10.2. The Morgan fingerprint density at radius 3 is 2.64 bits per heavy atom. The summed E-state index contributed by atoms with van der Waals surface area (Å²) in [5, 5.41) is 3.02. The number of hydrogen-bond acceptors (Lipinski definition) is 4. The lowest BCUT2D eigenvalue weighted by Crippen LogP contribution is -2.14. The average Bonchev–Trinajstić information content (AvgIpc) is 2.51. The second kappa shape index (κ2) is 6.77. The lowest BCUT2D eigenvalue weighted by Gasteiger charge is -2.11. The van der Waals surface area contributed by atoms with E-state index in [2.05, 4.69) is 10.3 Å². The largest absolute Gasteiger partial charge is 0.465 e. The van der Waals surface area contributed by atoms with Gasteiger partial charge in [0.1, 0.15) is 5.15 Å². The Bertz CT molecular complexity index is 748. The topological polar surface area (TPSA) is 68.3 Å². The van der Waals surface area contributed by atoms with Crippen LogP contribution in [0.2, 0.25) is 10.2 Å². The number of hydrogen-bond donors (Lipinski definition) is 1. The highest BCUT2D eigenvalue weighted by molar-refractivity contribution is 6.41. The molecule has 0 unspecified atom stereocenters. The van der Waals surface area contributed by atoms with Gasteiger partial charge >= 0.3 is 5.97 Å². The van der Waals surface area contributed by atoms with E-state index in [1.165, 1.54) is 19.4 Å². The van der Waals surface area contributed by atoms with Crippen LogP contribution in [-0.2, 0) is 4.74 Å². The van der Waals surface area contributed by atoms with Crippen molar-refractivity contribution in [2.75, 3.05) is 12.4 Å². The molecule has 0 aliphatic carbocycles. The maximum atomic E-state index is 12.2. The van der Waals surface area contributed by atoms with Gasteiger partial charge in [0.2, 0.25) is 0 Å². The number of pyridine rings is 1. The van der Waals surface area contributed by atoms with E-state index in [1.54, 1.807) is 25.1 Å². The van der Waals surface area contributed by atoms with Gasteiger partial charge in [-0.3, -0.25) is 4.79 Å². The van der Waals surface area contributed by atoms with Crippen LogP contribution in [-0.4, -0.2) is 24.0 Å². The van der Waals surface area contributed by atoms with Crippen molar-refractivity contribution >= 4 is 40.8 Å². The molecular formula is C15H12Cl2N2O3. The van der Waals surface area contributed by atoms with Crippen LogP contribution in [0.3, 0.4) is 0 Å². The number of anilines is 1. The van der Waals surface area contributed by atoms with Gasteiger partial charge in [0.15, 0.2) is 0 Å². The second-order valence-electron chi connectivity index (χ2n) is 4.42. The molecular weight excluding hydrogens is 327 g/mol. The molecule has 7 heteroatoms. The molecule has 0 radical (unpaired) electrons. The third kappa shape index (κ3) is 3.37. The van der Waals surface area contributed by atoms with Crippen molar-refractivity contribution in [1.29, 1.82) is 0 Å². The summed E-state index contributed by atoms with van der Waals surface area (Å²) < 4.78 is 4.70. The Hall–Kier alpha value is -2.11. The molecule has 0 spiro atoms. The van der Waals surface area contributed by atoms with Crippen molar-refractivity contribution < 1.29 is 14.3 Å². The molecule has 1 heterocycles. The summed E-state index contributed by atoms with van der Waals surface area (Å²) in [6, 6.07) is 6.38. The Labute approximate surface area is 137 Å². The first-order valence-corrected chi connectivity index (χ1v) is 7.00. The highest BCUT2D eigenvalue weighted by Gasteiger charge is 2.15. The molecule has 1 aromatic heterocycles. The van der Waals surface area contributed by atoms with Gasteiger partial charge in [-0.2, -0.15) is 0 Å². The first-order valence-electron chi connectivity index (χ1n) is 6.24. The van der Waals surface area contributed by atoms with Gasteiger partial charge in [0.05, 0.1) is 23.3 Å². The number of amides is 1. The van der Waals surface area contributed by atoms with E-state index in [0.29, 0.717) is 16.8 Å². The van der Waals surface area contributed by atoms with Crippen LogP contribution in [0.15, 0.2) is 30.5 Å². The second-order valence-corrected chi connectivity index (χ2v) is 5.19. The molecule has 1 amide bonds. The zero-order valence-electron chi connectivity index (χ0n) is 11.8. The summed E-state index contributed by atoms with van der Waals surface area (Å²) in [5.74, 6) is -0.874. The number of halogens is 2. The van der Waals surface area contributed by atoms with Crippen molar-refractivity contribution in [2.24, 2.45) is 0 Å². The third-order valence-electron chi connectivity index (χ3n) is 3.05. The number of rotatable bonds is 3. The molecule has 0 fully saturated rings. The third-order valence-corrected chi connectivity index (χ3v) is 3.73. The minimum atomic E-state index is -0.468. The predicted octanol–water partition coefficient (Wildman–Crippen LogP) is 3.74. The SMILES string of the molecule is COC(=O)c1cccc(NC(=O)c2cnc(Cl)c(Cl)c2)c1C. The van der Waals surface area contributed by atoms with Gasteiger partial charge < -0.3 is 10.1 Å². The van der Waals surface area contributed by atoms with E-state index in [-0.39, 0.29) is 15.7 Å². The average molecular weight is 339 g/mol. The smallest absolute Gasteiger partial charge is 0.338 e. The van der Waals surface area contributed by atoms with Crippen LogP contribution in [0.4, 0.5) is 5.69 Å². The first kappa shape index (κ1) is 16.3. The van der Waals surface area contributed by atoms with E-state index in [4.69, 9.17) is 27.9 Å². The minimum Gasteiger partial charge on any atom is -0.465 e. The van der Waals surface area contributed by atoms with E-state index in [0.717, 1.165) is 0 Å². The summed E-state index contributed by atoms with van der Waals surface area (Å²) in [5.41, 5.74) is 1.75. The van der Waals surface area contributed by atoms with E-state index in [1.807, 2.05) is 0 Å². The summed E-state index contributed by atoms with van der Waals surface area (Å²) in [7, 11) is 1.30. The number of benzene rings is 1. The molecule has 0 aliphatic rings. The number of carbonyl (C=O) groups is 2. The van der Waals surface area contributed by atoms with Crippen molar-refractivity contribution in [3.63, 3.8) is 0 Å². The number of aromatic nitrogens is 1. The van der Waals surface area contributed by atoms with Crippen LogP contribution in [0.25, 0.3) is 0 Å². The van der Waals surface area contributed by atoms with Crippen LogP contribution in [0, 0.1) is 6.92 Å². The van der Waals surface area contributed by atoms with Gasteiger partial charge in [-0.1, -0.05) is 29.3 Å². The molecule has 2 rings (SSSR count). The standard InChI is InChI=1S/C15H12Cl2N2O3/c1-8-10(15(21)22-2)4-3-5-12(8)19-14(20)9-6-11(16)13(17)18-7-9/h3-7H,1-2H3,(H,19,20). The fourth-order valence-corrected chi connectivity index (χ4v) is 2.11. The minimum absolute atomic E-state index is 0.127. The number of ether oxygens (including phenoxy) is 1. The Balaban J connectivity index is 2.28. The van der Waals surface area contributed by atoms with E-state index >= 15 is 0 Å². The molecule has 114 valence electrons. The fraction of sp³-hybridized carbons (Fsp3) is 0.133. The monoisotopic (exact) mass is 338 g/mol. The summed E-state index contributed by atoms with van der Waals surface area (Å²) in [6.45, 7) is 1.72. The Morgan fingerprint density at radius 2 is 2.00 bits per heavy atom. The van der Waals surface area contributed by atoms with Crippen LogP contribution in [0.1, 0.15) is 26.3 Å². The Kier molecular flexibility index (Phi) is 5.00. The first-order chi connectivity index (χ1) is 10.4. The number of nitrogens with one attached hydrogen (secondary N) is 1. The Morgan fingerprint density at radius 1 is 1.27 bits per heavy atom. The maximum absolute atomic E-state index is 12.2. The van der Waals surface area contributed by atoms with Gasteiger partial charge in [0.25, 0.3) is 5.91 Å². The molecule has 1 N–H and O–H groups in total. The zero-order chi connectivity index (χ0) is 16.3. The molecule has 0 bridgehead atoms. The lowest BCUT2D eigenvalue weighted by molar-refractivity contribution is 0.0599. The number of esters is 1. The van der Waals surface area contributed by atoms with Crippen LogP contribution >= 0.6 is 23.2 Å². The van der Waals surface area contributed by atoms with E-state index < -0.39 is 11.9 Å². The van der Waals surface area contributed by atoms with Crippen LogP contribution in [0.5, 0.6) is 0 Å². The quantitative estimate of drug-likeness (QED) is 0.683. The van der Waals surface area contributed by atoms with Crippen molar-refractivity contribution in [3.05, 3.63) is 57.3 Å². The number of carbonyl (C=O) groups excluding carboxylic acids is 2. The summed E-state index contributed by atoms with van der Waals surface area (Å²) >= 11 is 11.6. The van der Waals surface area contributed by atoms with Crippen molar-refractivity contribution in [1.82, 2.24) is 4.98 Å². The summed E-state index contributed by atoms with van der Waals surface area (Å²) in [4.78, 5) is 27.7. The van der Waals surface area contributed by atoms with Gasteiger partial charge in [-0.25, -0.2) is 9.78 Å². The number of nitrogens with zero attached hydrogens (tertiary/aromatic N) is 1. The highest BCUT2D eigenvalue weighted by atomic mass is 35.5. The molecule has 2 aromatic rings. The lowest BCUT2D eigenvalue weighted by atomic mass is 10.1. The van der Waals surface area contributed by atoms with Crippen LogP contribution < -0.4 is 5.32 Å². The van der Waals surface area contributed by atoms with Gasteiger partial charge in [-0.05, 0) is 30.7 Å². The molecule has 5 nitrogen and oxygen atoms in total. The highest BCUT2D eigenvalue weighted by Crippen LogP contribution is 2.23. The molecule has 0 atom stereocenters. The number of methoxy groups -OCH3 is 1. The maximum Gasteiger partial charge on any atom is 0.338 e. The van der Waals surface area contributed by atoms with Gasteiger partial charge in [0, 0.05) is 11.9 Å². The van der Waals surface area contributed by atoms with Crippen molar-refractivity contribution in [3.8, 4) is 0 Å². The fourth-order valence-electron chi connectivity index (χ4n) is 1.84.